The van der Waals surface area contributed by atoms with Crippen LogP contribution >= 0.6 is 0 Å². The van der Waals surface area contributed by atoms with Crippen molar-refractivity contribution in [3.8, 4) is 0 Å². The van der Waals surface area contributed by atoms with Crippen LogP contribution in [0.15, 0.2) is 0 Å². The van der Waals surface area contributed by atoms with Gasteiger partial charge in [-0.25, -0.2) is 0 Å². The molecule has 0 N–H and O–H groups in total. The number of hydrogen-bond donors (Lipinski definition) is 0. The second kappa shape index (κ2) is 27.4. The number of nitrogens with zero attached hydrogens (tertiary/aromatic N) is 2. The van der Waals surface area contributed by atoms with Gasteiger partial charge < -0.3 is 18.1 Å². The molecule has 0 bridgehead atoms. The van der Waals surface area contributed by atoms with E-state index in [0.717, 1.165) is 0 Å². The zero-order chi connectivity index (χ0) is 29.1. The van der Waals surface area contributed by atoms with E-state index in [4.69, 9.17) is 17.5 Å². The van der Waals surface area contributed by atoms with Crippen LogP contribution < -0.4 is 0 Å². The van der Waals surface area contributed by atoms with Crippen LogP contribution in [0.25, 0.3) is 0 Å². The number of rotatable bonds is 22. The van der Waals surface area contributed by atoms with Crippen molar-refractivity contribution in [1.82, 2.24) is 0 Å². The van der Waals surface area contributed by atoms with Gasteiger partial charge in [0.05, 0.1) is 52.4 Å². The Morgan fingerprint density at radius 1 is 0.378 bits per heavy atom. The Balaban J connectivity index is -0.000000528. The maximum Gasteiger partial charge on any atom is 0.0786 e. The van der Waals surface area contributed by atoms with Crippen LogP contribution in [-0.2, 0) is 10.4 Å². The Bertz CT molecular complexity index is 480. The van der Waals surface area contributed by atoms with E-state index in [1.54, 1.807) is 0 Å². The molecule has 0 aliphatic heterocycles. The van der Waals surface area contributed by atoms with Gasteiger partial charge in [0.25, 0.3) is 0 Å². The lowest BCUT2D eigenvalue weighted by Gasteiger charge is -2.38. The molecule has 6 nitrogen and oxygen atoms in total. The predicted octanol–water partition coefficient (Wildman–Crippen LogP) is 7.89. The number of hydrogen-bond acceptors (Lipinski definition) is 4. The van der Waals surface area contributed by atoms with Gasteiger partial charge in [0, 0.05) is 10.4 Å². The van der Waals surface area contributed by atoms with Crippen LogP contribution in [0.2, 0.25) is 0 Å². The van der Waals surface area contributed by atoms with Crippen LogP contribution in [0.4, 0.5) is 0 Å². The van der Waals surface area contributed by atoms with Crippen molar-refractivity contribution < 1.29 is 26.5 Å². The molecule has 0 aromatic heterocycles. The molecule has 0 aliphatic carbocycles. The fourth-order valence-corrected chi connectivity index (χ4v) is 5.94. The summed E-state index contributed by atoms with van der Waals surface area (Å²) in [6.07, 6.45) is 19.4. The molecule has 7 heteroatoms. The average molecular weight is 553 g/mol. The monoisotopic (exact) mass is 552 g/mol. The minimum absolute atomic E-state index is 1.34. The van der Waals surface area contributed by atoms with Crippen molar-refractivity contribution in [3.05, 3.63) is 0 Å². The second-order valence-corrected chi connectivity index (χ2v) is 11.8. The molecule has 37 heavy (non-hydrogen) atoms. The summed E-state index contributed by atoms with van der Waals surface area (Å²) in [4.78, 5) is 0. The summed E-state index contributed by atoms with van der Waals surface area (Å²) >= 11 is 0. The standard InChI is InChI=1S/2C15H34N.H2O4S/c2*1-5-9-10-11-15-16(12-6-2,13-7-3)14-8-4;1-5(2,3)4/h2*5-15H2,1-4H3;(H2,1,2,3,4)/q2*+1;/p-2. The van der Waals surface area contributed by atoms with Crippen LogP contribution in [-0.4, -0.2) is 78.8 Å². The van der Waals surface area contributed by atoms with Gasteiger partial charge in [-0.05, 0) is 64.2 Å². The normalized spacial score (nSPS) is 11.9. The lowest BCUT2D eigenvalue weighted by molar-refractivity contribution is -0.928. The molecule has 0 atom stereocenters. The largest absolute Gasteiger partial charge is 0.759 e. The highest BCUT2D eigenvalue weighted by Gasteiger charge is 2.24. The van der Waals surface area contributed by atoms with Crippen molar-refractivity contribution in [3.63, 3.8) is 0 Å². The molecule has 0 saturated carbocycles. The summed E-state index contributed by atoms with van der Waals surface area (Å²) in [5, 5.41) is 0. The highest BCUT2D eigenvalue weighted by molar-refractivity contribution is 7.79. The van der Waals surface area contributed by atoms with Crippen molar-refractivity contribution in [2.24, 2.45) is 0 Å². The maximum absolute atomic E-state index is 8.52. The third kappa shape index (κ3) is 28.6. The summed E-state index contributed by atoms with van der Waals surface area (Å²) < 4.78 is 36.9. The maximum atomic E-state index is 8.52. The molecule has 0 fully saturated rings. The van der Waals surface area contributed by atoms with E-state index >= 15 is 0 Å². The first-order valence-corrected chi connectivity index (χ1v) is 17.2. The molecular formula is C30H68N2O4S. The zero-order valence-corrected chi connectivity index (χ0v) is 27.3. The van der Waals surface area contributed by atoms with Gasteiger partial charge in [-0.2, -0.15) is 0 Å². The molecule has 0 amide bonds. The second-order valence-electron chi connectivity index (χ2n) is 11.0. The quantitative estimate of drug-likeness (QED) is 0.0592. The van der Waals surface area contributed by atoms with E-state index in [-0.39, 0.29) is 0 Å². The number of unbranched alkanes of at least 4 members (excludes halogenated alkanes) is 6. The van der Waals surface area contributed by atoms with Crippen molar-refractivity contribution in [2.45, 2.75) is 145 Å². The minimum Gasteiger partial charge on any atom is -0.759 e. The van der Waals surface area contributed by atoms with Gasteiger partial charge in [0.1, 0.15) is 0 Å². The SMILES string of the molecule is CCCCCC[N+](CCC)(CCC)CCC.CCCCCC[N+](CCC)(CCC)CCC.O=S(=O)([O-])[O-]. The highest BCUT2D eigenvalue weighted by atomic mass is 32.3. The molecule has 0 heterocycles. The summed E-state index contributed by atoms with van der Waals surface area (Å²) in [6.45, 7) is 29.9. The Hall–Kier alpha value is -0.210. The fraction of sp³-hybridized carbons (Fsp3) is 1.00. The molecule has 0 aromatic rings. The molecule has 0 aliphatic rings. The number of quaternary nitrogens is 2. The van der Waals surface area contributed by atoms with Gasteiger partial charge in [-0.3, -0.25) is 8.42 Å². The van der Waals surface area contributed by atoms with Gasteiger partial charge in [0.15, 0.2) is 0 Å². The molecule has 0 saturated heterocycles. The first kappa shape index (κ1) is 41.3. The third-order valence-corrected chi connectivity index (χ3v) is 7.16. The van der Waals surface area contributed by atoms with Crippen molar-refractivity contribution in [1.29, 1.82) is 0 Å². The van der Waals surface area contributed by atoms with E-state index in [1.165, 1.54) is 151 Å². The molecule has 0 unspecified atom stereocenters. The highest BCUT2D eigenvalue weighted by Crippen LogP contribution is 2.16. The van der Waals surface area contributed by atoms with E-state index < -0.39 is 10.4 Å². The van der Waals surface area contributed by atoms with Crippen LogP contribution in [0.1, 0.15) is 145 Å². The van der Waals surface area contributed by atoms with Crippen molar-refractivity contribution >= 4 is 10.4 Å². The van der Waals surface area contributed by atoms with E-state index in [2.05, 4.69) is 55.4 Å². The summed E-state index contributed by atoms with van der Waals surface area (Å²) in [5.41, 5.74) is 0. The molecule has 228 valence electrons. The van der Waals surface area contributed by atoms with Crippen molar-refractivity contribution in [2.75, 3.05) is 52.4 Å². The molecule has 0 spiro atoms. The fourth-order valence-electron chi connectivity index (χ4n) is 5.94. The van der Waals surface area contributed by atoms with E-state index in [0.29, 0.717) is 0 Å². The van der Waals surface area contributed by atoms with Gasteiger partial charge in [-0.15, -0.1) is 0 Å². The summed E-state index contributed by atoms with van der Waals surface area (Å²) in [7, 11) is -5.17. The Morgan fingerprint density at radius 3 is 0.757 bits per heavy atom. The third-order valence-electron chi connectivity index (χ3n) is 7.16. The smallest absolute Gasteiger partial charge is 0.0786 e. The average Bonchev–Trinajstić information content (AvgIpc) is 2.80. The van der Waals surface area contributed by atoms with Gasteiger partial charge in [-0.1, -0.05) is 81.1 Å². The van der Waals surface area contributed by atoms with Crippen LogP contribution in [0, 0.1) is 0 Å². The first-order chi connectivity index (χ1) is 17.5. The lowest BCUT2D eigenvalue weighted by atomic mass is 10.1. The Labute approximate surface area is 234 Å². The molecule has 0 rings (SSSR count). The minimum atomic E-state index is -5.17. The zero-order valence-electron chi connectivity index (χ0n) is 26.5. The Morgan fingerprint density at radius 2 is 0.595 bits per heavy atom. The topological polar surface area (TPSA) is 80.3 Å². The molecular weight excluding hydrogens is 484 g/mol. The summed E-state index contributed by atoms with van der Waals surface area (Å²) in [5.74, 6) is 0. The summed E-state index contributed by atoms with van der Waals surface area (Å²) in [6, 6.07) is 0. The van der Waals surface area contributed by atoms with Gasteiger partial charge in [0.2, 0.25) is 0 Å². The van der Waals surface area contributed by atoms with E-state index in [1.807, 2.05) is 0 Å². The van der Waals surface area contributed by atoms with Gasteiger partial charge >= 0.3 is 0 Å². The lowest BCUT2D eigenvalue weighted by Crippen LogP contribution is -2.50. The predicted molar refractivity (Wildman–Crippen MR) is 160 cm³/mol. The first-order valence-electron chi connectivity index (χ1n) is 15.9. The van der Waals surface area contributed by atoms with Crippen LogP contribution in [0.3, 0.4) is 0 Å². The Kier molecular flexibility index (Phi) is 30.5. The van der Waals surface area contributed by atoms with E-state index in [9.17, 15) is 0 Å². The van der Waals surface area contributed by atoms with Crippen LogP contribution in [0.5, 0.6) is 0 Å². The molecule has 0 aromatic carbocycles. The molecule has 0 radical (unpaired) electrons.